The number of rotatable bonds is 7. The number of nitrogens with zero attached hydrogens (tertiary/aromatic N) is 2. The molecule has 138 valence electrons. The fourth-order valence-electron chi connectivity index (χ4n) is 2.22. The molecule has 0 aliphatic carbocycles. The smallest absolute Gasteiger partial charge is 0.271 e. The summed E-state index contributed by atoms with van der Waals surface area (Å²) in [6.45, 7) is 0. The van der Waals surface area contributed by atoms with Gasteiger partial charge in [-0.1, -0.05) is 18.2 Å². The number of carbonyl (C=O) groups is 1. The first-order valence-corrected chi connectivity index (χ1v) is 9.20. The van der Waals surface area contributed by atoms with E-state index in [0.29, 0.717) is 12.1 Å². The highest BCUT2D eigenvalue weighted by molar-refractivity contribution is 7.89. The predicted molar refractivity (Wildman–Crippen MR) is 97.4 cm³/mol. The van der Waals surface area contributed by atoms with Gasteiger partial charge >= 0.3 is 0 Å². The van der Waals surface area contributed by atoms with Crippen molar-refractivity contribution < 1.29 is 18.1 Å². The van der Waals surface area contributed by atoms with E-state index in [9.17, 15) is 23.3 Å². The van der Waals surface area contributed by atoms with E-state index in [1.165, 1.54) is 44.4 Å². The monoisotopic (exact) mass is 377 g/mol. The molecule has 0 aliphatic rings. The van der Waals surface area contributed by atoms with Crippen LogP contribution in [0.25, 0.3) is 0 Å². The highest BCUT2D eigenvalue weighted by Gasteiger charge is 2.16. The van der Waals surface area contributed by atoms with Gasteiger partial charge in [0, 0.05) is 38.3 Å². The number of nitro groups is 1. The fourth-order valence-corrected chi connectivity index (χ4v) is 3.12. The first kappa shape index (κ1) is 19.5. The molecule has 0 unspecified atom stereocenters. The average molecular weight is 377 g/mol. The van der Waals surface area contributed by atoms with Gasteiger partial charge in [-0.05, 0) is 30.2 Å². The van der Waals surface area contributed by atoms with E-state index in [-0.39, 0.29) is 22.9 Å². The molecule has 1 amide bonds. The minimum Gasteiger partial charge on any atom is -0.326 e. The Kier molecular flexibility index (Phi) is 6.06. The van der Waals surface area contributed by atoms with Crippen molar-refractivity contribution in [3.63, 3.8) is 0 Å². The van der Waals surface area contributed by atoms with Gasteiger partial charge in [-0.2, -0.15) is 0 Å². The molecule has 0 radical (unpaired) electrons. The fraction of sp³-hybridized carbons (Fsp3) is 0.235. The molecule has 0 atom stereocenters. The molecule has 1 N–H and O–H groups in total. The number of nitro benzene ring substituents is 1. The third-order valence-electron chi connectivity index (χ3n) is 3.68. The third kappa shape index (κ3) is 4.87. The molecule has 8 nitrogen and oxygen atoms in total. The topological polar surface area (TPSA) is 110 Å². The second-order valence-electron chi connectivity index (χ2n) is 5.79. The molecule has 2 aromatic carbocycles. The van der Waals surface area contributed by atoms with Crippen molar-refractivity contribution in [2.24, 2.45) is 0 Å². The Morgan fingerprint density at radius 1 is 1.15 bits per heavy atom. The largest absolute Gasteiger partial charge is 0.326 e. The van der Waals surface area contributed by atoms with Crippen molar-refractivity contribution in [2.45, 2.75) is 17.7 Å². The Morgan fingerprint density at radius 3 is 2.38 bits per heavy atom. The summed E-state index contributed by atoms with van der Waals surface area (Å²) < 4.78 is 25.1. The van der Waals surface area contributed by atoms with Crippen LogP contribution in [0, 0.1) is 10.1 Å². The highest BCUT2D eigenvalue weighted by Crippen LogP contribution is 2.18. The van der Waals surface area contributed by atoms with Crippen LogP contribution >= 0.6 is 0 Å². The summed E-state index contributed by atoms with van der Waals surface area (Å²) in [5.41, 5.74) is 1.08. The zero-order valence-corrected chi connectivity index (χ0v) is 15.2. The SMILES string of the molecule is CN(C)S(=O)(=O)c1ccc(CCC(=O)Nc2cccc([N+](=O)[O-])c2)cc1. The maximum absolute atomic E-state index is 12.0. The van der Waals surface area contributed by atoms with Gasteiger partial charge in [-0.15, -0.1) is 0 Å². The van der Waals surface area contributed by atoms with E-state index >= 15 is 0 Å². The summed E-state index contributed by atoms with van der Waals surface area (Å²) in [6.07, 6.45) is 0.589. The Hall–Kier alpha value is -2.78. The summed E-state index contributed by atoms with van der Waals surface area (Å²) in [6, 6.07) is 12.0. The number of amides is 1. The molecule has 0 aliphatic heterocycles. The molecular weight excluding hydrogens is 358 g/mol. The van der Waals surface area contributed by atoms with Crippen molar-refractivity contribution in [1.82, 2.24) is 4.31 Å². The molecule has 0 saturated heterocycles. The van der Waals surface area contributed by atoms with Crippen LogP contribution in [0.1, 0.15) is 12.0 Å². The van der Waals surface area contributed by atoms with Crippen molar-refractivity contribution in [3.05, 3.63) is 64.2 Å². The van der Waals surface area contributed by atoms with Crippen LogP contribution in [0.2, 0.25) is 0 Å². The van der Waals surface area contributed by atoms with Crippen molar-refractivity contribution >= 4 is 27.3 Å². The van der Waals surface area contributed by atoms with Gasteiger partial charge in [0.05, 0.1) is 9.82 Å². The van der Waals surface area contributed by atoms with Gasteiger partial charge in [0.15, 0.2) is 0 Å². The quantitative estimate of drug-likeness (QED) is 0.589. The minimum atomic E-state index is -3.48. The van der Waals surface area contributed by atoms with Gasteiger partial charge in [0.25, 0.3) is 5.69 Å². The molecule has 26 heavy (non-hydrogen) atoms. The minimum absolute atomic E-state index is 0.0968. The second-order valence-corrected chi connectivity index (χ2v) is 7.94. The van der Waals surface area contributed by atoms with E-state index in [2.05, 4.69) is 5.32 Å². The van der Waals surface area contributed by atoms with E-state index < -0.39 is 14.9 Å². The Morgan fingerprint density at radius 2 is 1.81 bits per heavy atom. The first-order chi connectivity index (χ1) is 12.2. The van der Waals surface area contributed by atoms with E-state index in [0.717, 1.165) is 9.87 Å². The van der Waals surface area contributed by atoms with Gasteiger partial charge in [-0.3, -0.25) is 14.9 Å². The van der Waals surface area contributed by atoms with E-state index in [1.807, 2.05) is 0 Å². The van der Waals surface area contributed by atoms with Crippen molar-refractivity contribution in [3.8, 4) is 0 Å². The highest BCUT2D eigenvalue weighted by atomic mass is 32.2. The standard InChI is InChI=1S/C17H19N3O5S/c1-19(2)26(24,25)16-9-6-13(7-10-16)8-11-17(21)18-14-4-3-5-15(12-14)20(22)23/h3-7,9-10,12H,8,11H2,1-2H3,(H,18,21). The molecule has 2 rings (SSSR count). The molecule has 9 heteroatoms. The Balaban J connectivity index is 1.95. The lowest BCUT2D eigenvalue weighted by Crippen LogP contribution is -2.22. The number of hydrogen-bond acceptors (Lipinski definition) is 5. The third-order valence-corrected chi connectivity index (χ3v) is 5.51. The van der Waals surface area contributed by atoms with E-state index in [4.69, 9.17) is 0 Å². The van der Waals surface area contributed by atoms with Crippen LogP contribution in [-0.2, 0) is 21.2 Å². The number of hydrogen-bond donors (Lipinski definition) is 1. The lowest BCUT2D eigenvalue weighted by Gasteiger charge is -2.11. The molecule has 2 aromatic rings. The Bertz CT molecular complexity index is 908. The zero-order chi connectivity index (χ0) is 19.3. The number of non-ortho nitro benzene ring substituents is 1. The van der Waals surface area contributed by atoms with Gasteiger partial charge < -0.3 is 5.32 Å². The number of anilines is 1. The summed E-state index contributed by atoms with van der Waals surface area (Å²) in [5, 5.41) is 13.3. The predicted octanol–water partition coefficient (Wildman–Crippen LogP) is 2.42. The summed E-state index contributed by atoms with van der Waals surface area (Å²) >= 11 is 0. The first-order valence-electron chi connectivity index (χ1n) is 7.76. The van der Waals surface area contributed by atoms with Crippen LogP contribution in [0.3, 0.4) is 0 Å². The van der Waals surface area contributed by atoms with E-state index in [1.54, 1.807) is 18.2 Å². The van der Waals surface area contributed by atoms with Crippen molar-refractivity contribution in [1.29, 1.82) is 0 Å². The second kappa shape index (κ2) is 8.07. The number of carbonyl (C=O) groups excluding carboxylic acids is 1. The van der Waals surface area contributed by atoms with Crippen LogP contribution < -0.4 is 5.32 Å². The number of benzene rings is 2. The lowest BCUT2D eigenvalue weighted by atomic mass is 10.1. The maximum Gasteiger partial charge on any atom is 0.271 e. The molecule has 0 heterocycles. The van der Waals surface area contributed by atoms with Gasteiger partial charge in [0.1, 0.15) is 0 Å². The number of aryl methyl sites for hydroxylation is 1. The molecule has 0 saturated carbocycles. The number of nitrogens with one attached hydrogen (secondary N) is 1. The van der Waals surface area contributed by atoms with Crippen LogP contribution in [0.15, 0.2) is 53.4 Å². The van der Waals surface area contributed by atoms with Crippen LogP contribution in [0.4, 0.5) is 11.4 Å². The van der Waals surface area contributed by atoms with Crippen molar-refractivity contribution in [2.75, 3.05) is 19.4 Å². The summed E-state index contributed by atoms with van der Waals surface area (Å²) in [7, 11) is -0.558. The molecule has 0 spiro atoms. The summed E-state index contributed by atoms with van der Waals surface area (Å²) in [5.74, 6) is -0.282. The number of sulfonamides is 1. The molecule has 0 bridgehead atoms. The molecular formula is C17H19N3O5S. The molecule has 0 aromatic heterocycles. The maximum atomic E-state index is 12.0. The Labute approximate surface area is 151 Å². The van der Waals surface area contributed by atoms with Crippen LogP contribution in [-0.4, -0.2) is 37.6 Å². The average Bonchev–Trinajstić information content (AvgIpc) is 2.60. The van der Waals surface area contributed by atoms with Crippen LogP contribution in [0.5, 0.6) is 0 Å². The summed E-state index contributed by atoms with van der Waals surface area (Å²) in [4.78, 5) is 22.4. The van der Waals surface area contributed by atoms with Gasteiger partial charge in [0.2, 0.25) is 15.9 Å². The lowest BCUT2D eigenvalue weighted by molar-refractivity contribution is -0.384. The normalized spacial score (nSPS) is 11.3. The zero-order valence-electron chi connectivity index (χ0n) is 14.4. The molecule has 0 fully saturated rings. The van der Waals surface area contributed by atoms with Gasteiger partial charge in [-0.25, -0.2) is 12.7 Å².